The third-order valence-corrected chi connectivity index (χ3v) is 5.00. The van der Waals surface area contributed by atoms with Crippen molar-refractivity contribution in [3.05, 3.63) is 23.4 Å². The Morgan fingerprint density at radius 3 is 2.64 bits per heavy atom. The van der Waals surface area contributed by atoms with E-state index in [9.17, 15) is 23.1 Å². The number of alkyl halides is 3. The number of fused-ring (bicyclic) bond motifs is 1. The van der Waals surface area contributed by atoms with Crippen molar-refractivity contribution in [2.45, 2.75) is 38.5 Å². The summed E-state index contributed by atoms with van der Waals surface area (Å²) in [5.74, 6) is 0.283. The van der Waals surface area contributed by atoms with Crippen molar-refractivity contribution in [3.8, 4) is 5.75 Å². The zero-order valence-corrected chi connectivity index (χ0v) is 15.0. The first-order valence-corrected chi connectivity index (χ1v) is 8.97. The van der Waals surface area contributed by atoms with Crippen LogP contribution in [0.5, 0.6) is 5.75 Å². The SMILES string of the molecule is O=C(O)N1CCC(CCc2noc3c(CO)c(OCC(F)(F)F)ccc23)CC1. The Balaban J connectivity index is 1.67. The molecule has 2 heterocycles. The second kappa shape index (κ2) is 8.26. The summed E-state index contributed by atoms with van der Waals surface area (Å²) in [6.45, 7) is -0.976. The summed E-state index contributed by atoms with van der Waals surface area (Å²) < 4.78 is 47.2. The van der Waals surface area contributed by atoms with Crippen molar-refractivity contribution in [2.24, 2.45) is 5.92 Å². The lowest BCUT2D eigenvalue weighted by Crippen LogP contribution is -2.37. The molecule has 1 aromatic carbocycles. The third-order valence-electron chi connectivity index (χ3n) is 5.00. The van der Waals surface area contributed by atoms with Crippen LogP contribution in [-0.4, -0.2) is 52.2 Å². The van der Waals surface area contributed by atoms with E-state index in [0.717, 1.165) is 19.3 Å². The minimum Gasteiger partial charge on any atom is -0.484 e. The van der Waals surface area contributed by atoms with Crippen molar-refractivity contribution in [1.82, 2.24) is 10.1 Å². The Morgan fingerprint density at radius 2 is 2.04 bits per heavy atom. The molecule has 2 N–H and O–H groups in total. The Bertz CT molecular complexity index is 828. The monoisotopic (exact) mass is 402 g/mol. The number of aliphatic hydroxyl groups is 1. The number of piperidine rings is 1. The number of benzene rings is 1. The number of rotatable bonds is 6. The molecule has 1 amide bonds. The standard InChI is InChI=1S/C18H21F3N2O5/c19-18(20,21)10-27-15-4-2-12-14(22-28-16(12)13(15)9-24)3-1-11-5-7-23(8-6-11)17(25)26/h2,4,11,24H,1,3,5-10H2,(H,25,26). The summed E-state index contributed by atoms with van der Waals surface area (Å²) in [5.41, 5.74) is 1.01. The van der Waals surface area contributed by atoms with Gasteiger partial charge in [-0.2, -0.15) is 13.2 Å². The van der Waals surface area contributed by atoms with E-state index in [4.69, 9.17) is 14.4 Å². The minimum atomic E-state index is -4.48. The average molecular weight is 402 g/mol. The molecule has 1 aromatic heterocycles. The topological polar surface area (TPSA) is 96.0 Å². The number of nitrogens with zero attached hydrogens (tertiary/aromatic N) is 2. The number of halogens is 3. The summed E-state index contributed by atoms with van der Waals surface area (Å²) in [4.78, 5) is 12.4. The van der Waals surface area contributed by atoms with Crippen LogP contribution in [0.2, 0.25) is 0 Å². The Kier molecular flexibility index (Phi) is 5.97. The second-order valence-electron chi connectivity index (χ2n) is 6.86. The first-order chi connectivity index (χ1) is 13.3. The van der Waals surface area contributed by atoms with Gasteiger partial charge >= 0.3 is 12.3 Å². The molecule has 1 aliphatic rings. The molecule has 1 aliphatic heterocycles. The molecule has 28 heavy (non-hydrogen) atoms. The smallest absolute Gasteiger partial charge is 0.422 e. The van der Waals surface area contributed by atoms with Gasteiger partial charge in [0.05, 0.1) is 17.9 Å². The van der Waals surface area contributed by atoms with Gasteiger partial charge in [0.1, 0.15) is 5.75 Å². The highest BCUT2D eigenvalue weighted by Crippen LogP contribution is 2.32. The highest BCUT2D eigenvalue weighted by atomic mass is 19.4. The molecule has 0 saturated carbocycles. The molecule has 0 aliphatic carbocycles. The number of aromatic nitrogens is 1. The van der Waals surface area contributed by atoms with Gasteiger partial charge in [-0.05, 0) is 43.7 Å². The summed E-state index contributed by atoms with van der Waals surface area (Å²) in [6, 6.07) is 2.96. The number of hydrogen-bond acceptors (Lipinski definition) is 5. The fraction of sp³-hybridized carbons (Fsp3) is 0.556. The van der Waals surface area contributed by atoms with E-state index < -0.39 is 25.5 Å². The zero-order chi connectivity index (χ0) is 20.3. The van der Waals surface area contributed by atoms with E-state index in [0.29, 0.717) is 36.5 Å². The molecule has 10 heteroatoms. The molecular formula is C18H21F3N2O5. The van der Waals surface area contributed by atoms with Crippen LogP contribution in [0.3, 0.4) is 0 Å². The van der Waals surface area contributed by atoms with E-state index in [1.807, 2.05) is 0 Å². The molecule has 0 unspecified atom stereocenters. The van der Waals surface area contributed by atoms with E-state index in [1.165, 1.54) is 11.0 Å². The van der Waals surface area contributed by atoms with E-state index in [-0.39, 0.29) is 16.9 Å². The van der Waals surface area contributed by atoms with Gasteiger partial charge in [-0.25, -0.2) is 4.79 Å². The fourth-order valence-electron chi connectivity index (χ4n) is 3.47. The number of carboxylic acid groups (broad SMARTS) is 1. The summed E-state index contributed by atoms with van der Waals surface area (Å²) in [6.07, 6.45) is -2.43. The number of aryl methyl sites for hydroxylation is 1. The van der Waals surface area contributed by atoms with Crippen LogP contribution in [0.25, 0.3) is 11.0 Å². The minimum absolute atomic E-state index is 0.0870. The van der Waals surface area contributed by atoms with E-state index in [2.05, 4.69) is 5.16 Å². The Morgan fingerprint density at radius 1 is 1.32 bits per heavy atom. The van der Waals surface area contributed by atoms with E-state index >= 15 is 0 Å². The largest absolute Gasteiger partial charge is 0.484 e. The number of amides is 1. The Labute approximate surface area is 158 Å². The molecule has 154 valence electrons. The van der Waals surface area contributed by atoms with Gasteiger partial charge in [0, 0.05) is 18.5 Å². The quantitative estimate of drug-likeness (QED) is 0.767. The molecule has 1 saturated heterocycles. The van der Waals surface area contributed by atoms with Gasteiger partial charge in [0.15, 0.2) is 12.2 Å². The summed E-state index contributed by atoms with van der Waals surface area (Å²) >= 11 is 0. The zero-order valence-electron chi connectivity index (χ0n) is 15.0. The van der Waals surface area contributed by atoms with Crippen LogP contribution in [0.1, 0.15) is 30.5 Å². The number of hydrogen-bond donors (Lipinski definition) is 2. The van der Waals surface area contributed by atoms with Gasteiger partial charge in [-0.15, -0.1) is 0 Å². The predicted octanol–water partition coefficient (Wildman–Crippen LogP) is 3.58. The molecule has 1 fully saturated rings. The van der Waals surface area contributed by atoms with Gasteiger partial charge in [-0.1, -0.05) is 5.16 Å². The number of ether oxygens (including phenoxy) is 1. The number of likely N-dealkylation sites (tertiary alicyclic amines) is 1. The molecule has 3 rings (SSSR count). The van der Waals surface area contributed by atoms with Crippen LogP contribution in [0, 0.1) is 5.92 Å². The predicted molar refractivity (Wildman–Crippen MR) is 92.1 cm³/mol. The van der Waals surface area contributed by atoms with Crippen molar-refractivity contribution in [1.29, 1.82) is 0 Å². The van der Waals surface area contributed by atoms with Crippen LogP contribution in [0.4, 0.5) is 18.0 Å². The highest BCUT2D eigenvalue weighted by Gasteiger charge is 2.29. The highest BCUT2D eigenvalue weighted by molar-refractivity contribution is 5.84. The van der Waals surface area contributed by atoms with Crippen LogP contribution in [-0.2, 0) is 13.0 Å². The normalized spacial score (nSPS) is 15.9. The Hall–Kier alpha value is -2.49. The lowest BCUT2D eigenvalue weighted by Gasteiger charge is -2.29. The van der Waals surface area contributed by atoms with Crippen LogP contribution in [0.15, 0.2) is 16.7 Å². The van der Waals surface area contributed by atoms with Crippen molar-refractivity contribution in [2.75, 3.05) is 19.7 Å². The maximum Gasteiger partial charge on any atom is 0.422 e. The van der Waals surface area contributed by atoms with Gasteiger partial charge in [0.2, 0.25) is 0 Å². The number of carbonyl (C=O) groups is 1. The first-order valence-electron chi connectivity index (χ1n) is 8.97. The molecule has 0 radical (unpaired) electrons. The van der Waals surface area contributed by atoms with Crippen molar-refractivity contribution >= 4 is 17.1 Å². The van der Waals surface area contributed by atoms with Crippen molar-refractivity contribution < 1.29 is 37.4 Å². The summed E-state index contributed by atoms with van der Waals surface area (Å²) in [5, 5.41) is 23.2. The average Bonchev–Trinajstić information content (AvgIpc) is 3.07. The third kappa shape index (κ3) is 4.67. The molecule has 0 spiro atoms. The van der Waals surface area contributed by atoms with Crippen molar-refractivity contribution in [3.63, 3.8) is 0 Å². The first kappa shape index (κ1) is 20.2. The lowest BCUT2D eigenvalue weighted by atomic mass is 9.91. The second-order valence-corrected chi connectivity index (χ2v) is 6.86. The summed E-state index contributed by atoms with van der Waals surface area (Å²) in [7, 11) is 0. The van der Waals surface area contributed by atoms with Crippen LogP contribution < -0.4 is 4.74 Å². The molecular weight excluding hydrogens is 381 g/mol. The number of aliphatic hydroxyl groups excluding tert-OH is 1. The van der Waals surface area contributed by atoms with E-state index in [1.54, 1.807) is 6.07 Å². The van der Waals surface area contributed by atoms with Gasteiger partial charge < -0.3 is 24.4 Å². The lowest BCUT2D eigenvalue weighted by molar-refractivity contribution is -0.153. The van der Waals surface area contributed by atoms with Gasteiger partial charge in [-0.3, -0.25) is 0 Å². The maximum atomic E-state index is 12.4. The maximum absolute atomic E-state index is 12.4. The van der Waals surface area contributed by atoms with Gasteiger partial charge in [0.25, 0.3) is 0 Å². The van der Waals surface area contributed by atoms with Crippen LogP contribution >= 0.6 is 0 Å². The molecule has 7 nitrogen and oxygen atoms in total. The molecule has 2 aromatic rings. The molecule has 0 bridgehead atoms. The fourth-order valence-corrected chi connectivity index (χ4v) is 3.47. The molecule has 0 atom stereocenters.